The maximum atomic E-state index is 9.40. The lowest BCUT2D eigenvalue weighted by molar-refractivity contribution is 0.141. The molecule has 0 bridgehead atoms. The fourth-order valence-electron chi connectivity index (χ4n) is 2.70. The number of ether oxygens (including phenoxy) is 1. The van der Waals surface area contributed by atoms with E-state index in [0.29, 0.717) is 29.2 Å². The van der Waals surface area contributed by atoms with E-state index in [9.17, 15) is 5.11 Å². The summed E-state index contributed by atoms with van der Waals surface area (Å²) in [5.41, 5.74) is 6.35. The predicted molar refractivity (Wildman–Crippen MR) is 74.0 cm³/mol. The van der Waals surface area contributed by atoms with E-state index >= 15 is 0 Å². The molecule has 2 rings (SSSR count). The number of nitrogens with one attached hydrogen (secondary N) is 1. The Hall–Kier alpha value is -1.56. The maximum absolute atomic E-state index is 9.40. The number of aliphatic hydroxyl groups excluding tert-OH is 1. The summed E-state index contributed by atoms with van der Waals surface area (Å²) in [6, 6.07) is 0. The number of rotatable bonds is 5. The quantitative estimate of drug-likeness (QED) is 0.743. The molecule has 2 atom stereocenters. The fraction of sp³-hybridized carbons (Fsp3) is 0.692. The van der Waals surface area contributed by atoms with Crippen LogP contribution < -0.4 is 15.8 Å². The van der Waals surface area contributed by atoms with Gasteiger partial charge in [-0.2, -0.15) is 4.98 Å². The first-order valence-electron chi connectivity index (χ1n) is 6.75. The molecule has 6 nitrogen and oxygen atoms in total. The lowest BCUT2D eigenvalue weighted by Crippen LogP contribution is -2.29. The van der Waals surface area contributed by atoms with Gasteiger partial charge in [0.25, 0.3) is 0 Å². The molecule has 0 spiro atoms. The van der Waals surface area contributed by atoms with Gasteiger partial charge in [-0.25, -0.2) is 4.98 Å². The predicted octanol–water partition coefficient (Wildman–Crippen LogP) is 1.28. The zero-order chi connectivity index (χ0) is 13.7. The minimum Gasteiger partial charge on any atom is -0.479 e. The summed E-state index contributed by atoms with van der Waals surface area (Å²) in [6.07, 6.45) is 6.12. The Bertz CT molecular complexity index is 414. The van der Waals surface area contributed by atoms with E-state index < -0.39 is 0 Å². The highest BCUT2D eigenvalue weighted by atomic mass is 16.5. The average molecular weight is 266 g/mol. The number of nitrogens with two attached hydrogens (primary N) is 1. The number of aromatic nitrogens is 2. The highest BCUT2D eigenvalue weighted by Gasteiger charge is 2.24. The van der Waals surface area contributed by atoms with Crippen molar-refractivity contribution in [1.82, 2.24) is 9.97 Å². The van der Waals surface area contributed by atoms with Gasteiger partial charge in [0.1, 0.15) is 12.0 Å². The highest BCUT2D eigenvalue weighted by Crippen LogP contribution is 2.31. The minimum atomic E-state index is 0.259. The zero-order valence-corrected chi connectivity index (χ0v) is 11.3. The van der Waals surface area contributed by atoms with Crippen LogP contribution in [0.5, 0.6) is 5.88 Å². The minimum absolute atomic E-state index is 0.259. The average Bonchev–Trinajstić information content (AvgIpc) is 2.46. The van der Waals surface area contributed by atoms with Crippen molar-refractivity contribution in [2.75, 3.05) is 31.3 Å². The van der Waals surface area contributed by atoms with E-state index in [-0.39, 0.29) is 6.61 Å². The Morgan fingerprint density at radius 1 is 1.37 bits per heavy atom. The molecule has 1 saturated carbocycles. The molecule has 19 heavy (non-hydrogen) atoms. The summed E-state index contributed by atoms with van der Waals surface area (Å²) >= 11 is 0. The van der Waals surface area contributed by atoms with Crippen LogP contribution >= 0.6 is 0 Å². The van der Waals surface area contributed by atoms with Gasteiger partial charge in [0.15, 0.2) is 5.82 Å². The maximum Gasteiger partial charge on any atom is 0.242 e. The van der Waals surface area contributed by atoms with Crippen molar-refractivity contribution in [3.8, 4) is 5.88 Å². The molecular weight excluding hydrogens is 244 g/mol. The first-order chi connectivity index (χ1) is 9.26. The molecule has 1 aliphatic carbocycles. The van der Waals surface area contributed by atoms with Crippen molar-refractivity contribution >= 4 is 11.5 Å². The number of nitrogen functional groups attached to an aromatic ring is 1. The summed E-state index contributed by atoms with van der Waals surface area (Å²) in [7, 11) is 1.53. The molecule has 4 N–H and O–H groups in total. The smallest absolute Gasteiger partial charge is 0.242 e. The normalized spacial score (nSPS) is 23.1. The molecule has 2 unspecified atom stereocenters. The van der Waals surface area contributed by atoms with Gasteiger partial charge in [0.2, 0.25) is 5.88 Å². The van der Waals surface area contributed by atoms with Gasteiger partial charge < -0.3 is 20.9 Å². The van der Waals surface area contributed by atoms with Crippen LogP contribution in [-0.4, -0.2) is 35.3 Å². The van der Waals surface area contributed by atoms with E-state index in [1.54, 1.807) is 0 Å². The van der Waals surface area contributed by atoms with E-state index in [1.165, 1.54) is 26.3 Å². The largest absolute Gasteiger partial charge is 0.479 e. The Balaban J connectivity index is 1.98. The number of methoxy groups -OCH3 is 1. The highest BCUT2D eigenvalue weighted by molar-refractivity contribution is 5.66. The van der Waals surface area contributed by atoms with E-state index in [2.05, 4.69) is 15.3 Å². The molecule has 0 amide bonds. The van der Waals surface area contributed by atoms with Crippen LogP contribution in [0.3, 0.4) is 0 Å². The molecule has 0 aliphatic heterocycles. The van der Waals surface area contributed by atoms with Crippen LogP contribution in [0.15, 0.2) is 6.33 Å². The Labute approximate surface area is 113 Å². The van der Waals surface area contributed by atoms with Gasteiger partial charge in [-0.15, -0.1) is 0 Å². The third-order valence-corrected chi connectivity index (χ3v) is 3.87. The van der Waals surface area contributed by atoms with Crippen LogP contribution in [0.25, 0.3) is 0 Å². The Morgan fingerprint density at radius 3 is 2.79 bits per heavy atom. The summed E-state index contributed by atoms with van der Waals surface area (Å²) < 4.78 is 5.06. The topological polar surface area (TPSA) is 93.3 Å². The van der Waals surface area contributed by atoms with Crippen LogP contribution in [0, 0.1) is 11.8 Å². The van der Waals surface area contributed by atoms with Crippen LogP contribution in [-0.2, 0) is 0 Å². The molecule has 106 valence electrons. The third kappa shape index (κ3) is 3.26. The molecular formula is C13H22N4O2. The number of hydrogen-bond donors (Lipinski definition) is 3. The molecule has 0 saturated heterocycles. The summed E-state index contributed by atoms with van der Waals surface area (Å²) in [6.45, 7) is 1.03. The Kier molecular flexibility index (Phi) is 4.79. The van der Waals surface area contributed by atoms with Crippen LogP contribution in [0.1, 0.15) is 25.7 Å². The zero-order valence-electron chi connectivity index (χ0n) is 11.3. The molecule has 1 aromatic rings. The van der Waals surface area contributed by atoms with Gasteiger partial charge in [0, 0.05) is 13.2 Å². The molecule has 1 heterocycles. The van der Waals surface area contributed by atoms with Crippen molar-refractivity contribution in [1.29, 1.82) is 0 Å². The molecule has 6 heteroatoms. The van der Waals surface area contributed by atoms with Crippen molar-refractivity contribution in [3.05, 3.63) is 6.33 Å². The number of nitrogens with zero attached hydrogens (tertiary/aromatic N) is 2. The SMILES string of the molecule is COc1ncnc(NCC2CCCCC2CO)c1N. The number of anilines is 2. The Morgan fingerprint density at radius 2 is 2.11 bits per heavy atom. The van der Waals surface area contributed by atoms with E-state index in [4.69, 9.17) is 10.5 Å². The van der Waals surface area contributed by atoms with E-state index in [1.807, 2.05) is 0 Å². The molecule has 1 aliphatic rings. The van der Waals surface area contributed by atoms with Crippen molar-refractivity contribution in [2.45, 2.75) is 25.7 Å². The standard InChI is InChI=1S/C13H22N4O2/c1-19-13-11(14)12(16-8-17-13)15-6-9-4-2-3-5-10(9)7-18/h8-10,18H,2-7,14H2,1H3,(H,15,16,17). The number of hydrogen-bond acceptors (Lipinski definition) is 6. The molecule has 0 radical (unpaired) electrons. The first kappa shape index (κ1) is 13.9. The van der Waals surface area contributed by atoms with Gasteiger partial charge >= 0.3 is 0 Å². The second-order valence-electron chi connectivity index (χ2n) is 5.01. The van der Waals surface area contributed by atoms with Crippen LogP contribution in [0.4, 0.5) is 11.5 Å². The summed E-state index contributed by atoms with van der Waals surface area (Å²) in [5, 5.41) is 12.7. The van der Waals surface area contributed by atoms with Crippen molar-refractivity contribution in [2.24, 2.45) is 11.8 Å². The lowest BCUT2D eigenvalue weighted by Gasteiger charge is -2.30. The second kappa shape index (κ2) is 6.56. The summed E-state index contributed by atoms with van der Waals surface area (Å²) in [4.78, 5) is 8.08. The number of aliphatic hydroxyl groups is 1. The van der Waals surface area contributed by atoms with Gasteiger partial charge in [-0.3, -0.25) is 0 Å². The summed E-state index contributed by atoms with van der Waals surface area (Å²) in [5.74, 6) is 1.85. The second-order valence-corrected chi connectivity index (χ2v) is 5.01. The molecule has 1 fully saturated rings. The van der Waals surface area contributed by atoms with Gasteiger partial charge in [0.05, 0.1) is 7.11 Å². The fourth-order valence-corrected chi connectivity index (χ4v) is 2.70. The molecule has 1 aromatic heterocycles. The monoisotopic (exact) mass is 266 g/mol. The van der Waals surface area contributed by atoms with Gasteiger partial charge in [-0.05, 0) is 24.7 Å². The van der Waals surface area contributed by atoms with Crippen molar-refractivity contribution < 1.29 is 9.84 Å². The lowest BCUT2D eigenvalue weighted by atomic mass is 9.79. The van der Waals surface area contributed by atoms with Gasteiger partial charge in [-0.1, -0.05) is 12.8 Å². The third-order valence-electron chi connectivity index (χ3n) is 3.87. The van der Waals surface area contributed by atoms with Crippen molar-refractivity contribution in [3.63, 3.8) is 0 Å². The van der Waals surface area contributed by atoms with E-state index in [0.717, 1.165) is 19.4 Å². The molecule has 0 aromatic carbocycles. The van der Waals surface area contributed by atoms with Crippen LogP contribution in [0.2, 0.25) is 0 Å². The first-order valence-corrected chi connectivity index (χ1v) is 6.75.